The highest BCUT2D eigenvalue weighted by atomic mass is 16.5. The Bertz CT molecular complexity index is 937. The van der Waals surface area contributed by atoms with Crippen molar-refractivity contribution in [2.24, 2.45) is 5.10 Å². The van der Waals surface area contributed by atoms with E-state index in [1.807, 2.05) is 54.6 Å². The number of nitrogens with one attached hydrogen (secondary N) is 1. The molecule has 0 aromatic heterocycles. The van der Waals surface area contributed by atoms with Crippen LogP contribution >= 0.6 is 0 Å². The molecule has 0 bridgehead atoms. The van der Waals surface area contributed by atoms with Crippen molar-refractivity contribution in [1.82, 2.24) is 0 Å². The fourth-order valence-electron chi connectivity index (χ4n) is 4.00. The summed E-state index contributed by atoms with van der Waals surface area (Å²) in [7, 11) is 0. The van der Waals surface area contributed by atoms with Crippen LogP contribution in [0.25, 0.3) is 0 Å². The lowest BCUT2D eigenvalue weighted by atomic mass is 10.1. The molecule has 31 heavy (non-hydrogen) atoms. The van der Waals surface area contributed by atoms with Crippen LogP contribution in [0.1, 0.15) is 32.6 Å². The molecule has 2 aromatic rings. The van der Waals surface area contributed by atoms with Gasteiger partial charge in [0, 0.05) is 30.9 Å². The number of para-hydroxylation sites is 1. The van der Waals surface area contributed by atoms with Gasteiger partial charge in [0.15, 0.2) is 0 Å². The van der Waals surface area contributed by atoms with E-state index in [2.05, 4.69) is 15.3 Å². The Balaban J connectivity index is 1.47. The number of rotatable bonds is 6. The molecule has 1 unspecified atom stereocenters. The highest BCUT2D eigenvalue weighted by Gasteiger charge is 2.36. The number of esters is 1. The van der Waals surface area contributed by atoms with Crippen LogP contribution in [0.3, 0.4) is 0 Å². The number of anilines is 3. The molecule has 2 aromatic carbocycles. The van der Waals surface area contributed by atoms with Gasteiger partial charge in [0.2, 0.25) is 5.91 Å². The SMILES string of the molecule is CCOC(=O)C1=NN(c2ccccc2)C(C(=O)Nc2ccc(N3CCCCC3)cc2)C1. The largest absolute Gasteiger partial charge is 0.461 e. The first-order valence-electron chi connectivity index (χ1n) is 10.9. The molecule has 162 valence electrons. The van der Waals surface area contributed by atoms with Gasteiger partial charge >= 0.3 is 5.97 Å². The molecule has 0 aliphatic carbocycles. The number of benzene rings is 2. The third kappa shape index (κ3) is 4.87. The van der Waals surface area contributed by atoms with Gasteiger partial charge in [-0.3, -0.25) is 9.80 Å². The van der Waals surface area contributed by atoms with Crippen LogP contribution < -0.4 is 15.2 Å². The van der Waals surface area contributed by atoms with Crippen LogP contribution in [0.2, 0.25) is 0 Å². The minimum absolute atomic E-state index is 0.200. The lowest BCUT2D eigenvalue weighted by molar-refractivity contribution is -0.135. The molecule has 2 aliphatic heterocycles. The fourth-order valence-corrected chi connectivity index (χ4v) is 4.00. The average molecular weight is 421 g/mol. The average Bonchev–Trinajstić information content (AvgIpc) is 3.27. The molecule has 1 atom stereocenters. The van der Waals surface area contributed by atoms with Crippen molar-refractivity contribution in [2.45, 2.75) is 38.6 Å². The second kappa shape index (κ2) is 9.64. The first kappa shape index (κ1) is 20.9. The van der Waals surface area contributed by atoms with Gasteiger partial charge in [0.1, 0.15) is 11.8 Å². The molecule has 0 saturated carbocycles. The topological polar surface area (TPSA) is 74.2 Å². The molecule has 0 radical (unpaired) electrons. The van der Waals surface area contributed by atoms with Crippen LogP contribution in [0.15, 0.2) is 59.7 Å². The maximum absolute atomic E-state index is 13.1. The molecule has 1 fully saturated rings. The molecular formula is C24H28N4O3. The maximum atomic E-state index is 13.1. The van der Waals surface area contributed by atoms with Gasteiger partial charge in [-0.25, -0.2) is 4.79 Å². The molecule has 2 aliphatic rings. The summed E-state index contributed by atoms with van der Waals surface area (Å²) in [6, 6.07) is 16.7. The molecule has 0 spiro atoms. The monoisotopic (exact) mass is 420 g/mol. The predicted octanol–water partition coefficient (Wildman–Crippen LogP) is 3.81. The minimum Gasteiger partial charge on any atom is -0.461 e. The summed E-state index contributed by atoms with van der Waals surface area (Å²) in [5.41, 5.74) is 2.91. The second-order valence-corrected chi connectivity index (χ2v) is 7.75. The Hall–Kier alpha value is -3.35. The lowest BCUT2D eigenvalue weighted by Gasteiger charge is -2.29. The molecule has 4 rings (SSSR count). The Morgan fingerprint density at radius 3 is 2.39 bits per heavy atom. The molecular weight excluding hydrogens is 392 g/mol. The van der Waals surface area contributed by atoms with Crippen molar-refractivity contribution >= 4 is 34.7 Å². The number of carbonyl (C=O) groups excluding carboxylic acids is 2. The van der Waals surface area contributed by atoms with Crippen LogP contribution in [0, 0.1) is 0 Å². The quantitative estimate of drug-likeness (QED) is 0.720. The van der Waals surface area contributed by atoms with Crippen molar-refractivity contribution in [3.05, 3.63) is 54.6 Å². The normalized spacial score (nSPS) is 18.5. The number of piperidine rings is 1. The van der Waals surface area contributed by atoms with E-state index in [1.54, 1.807) is 11.9 Å². The van der Waals surface area contributed by atoms with Crippen LogP contribution in [0.5, 0.6) is 0 Å². The number of carbonyl (C=O) groups is 2. The van der Waals surface area contributed by atoms with Gasteiger partial charge in [0.25, 0.3) is 0 Å². The summed E-state index contributed by atoms with van der Waals surface area (Å²) < 4.78 is 5.09. The Kier molecular flexibility index (Phi) is 6.50. The lowest BCUT2D eigenvalue weighted by Crippen LogP contribution is -2.38. The first-order valence-corrected chi connectivity index (χ1v) is 10.9. The Morgan fingerprint density at radius 1 is 1.00 bits per heavy atom. The first-order chi connectivity index (χ1) is 15.2. The van der Waals surface area contributed by atoms with Gasteiger partial charge in [-0.05, 0) is 62.6 Å². The molecule has 7 heteroatoms. The fraction of sp³-hybridized carbons (Fsp3) is 0.375. The molecule has 7 nitrogen and oxygen atoms in total. The second-order valence-electron chi connectivity index (χ2n) is 7.75. The van der Waals surface area contributed by atoms with Crippen molar-refractivity contribution < 1.29 is 14.3 Å². The van der Waals surface area contributed by atoms with Gasteiger partial charge < -0.3 is 15.0 Å². The molecule has 1 N–H and O–H groups in total. The highest BCUT2D eigenvalue weighted by Crippen LogP contribution is 2.27. The number of nitrogens with zero attached hydrogens (tertiary/aromatic N) is 3. The van der Waals surface area contributed by atoms with Crippen molar-refractivity contribution in [3.63, 3.8) is 0 Å². The smallest absolute Gasteiger partial charge is 0.354 e. The van der Waals surface area contributed by atoms with Crippen LogP contribution in [0.4, 0.5) is 17.1 Å². The Morgan fingerprint density at radius 2 is 1.71 bits per heavy atom. The number of ether oxygens (including phenoxy) is 1. The maximum Gasteiger partial charge on any atom is 0.354 e. The number of amides is 1. The highest BCUT2D eigenvalue weighted by molar-refractivity contribution is 6.38. The van der Waals surface area contributed by atoms with E-state index in [0.717, 1.165) is 24.5 Å². The van der Waals surface area contributed by atoms with Gasteiger partial charge in [-0.15, -0.1) is 0 Å². The van der Waals surface area contributed by atoms with E-state index in [9.17, 15) is 9.59 Å². The van der Waals surface area contributed by atoms with E-state index in [4.69, 9.17) is 4.74 Å². The zero-order valence-corrected chi connectivity index (χ0v) is 17.8. The predicted molar refractivity (Wildman–Crippen MR) is 123 cm³/mol. The van der Waals surface area contributed by atoms with E-state index in [1.165, 1.54) is 24.9 Å². The molecule has 1 amide bonds. The number of hydrogen-bond acceptors (Lipinski definition) is 6. The van der Waals surface area contributed by atoms with Crippen LogP contribution in [-0.2, 0) is 14.3 Å². The van der Waals surface area contributed by atoms with E-state index >= 15 is 0 Å². The van der Waals surface area contributed by atoms with Crippen molar-refractivity contribution in [2.75, 3.05) is 34.9 Å². The van der Waals surface area contributed by atoms with Gasteiger partial charge in [-0.2, -0.15) is 5.10 Å². The zero-order valence-electron chi connectivity index (χ0n) is 17.8. The van der Waals surface area contributed by atoms with E-state index in [0.29, 0.717) is 0 Å². The minimum atomic E-state index is -0.622. The summed E-state index contributed by atoms with van der Waals surface area (Å²) in [4.78, 5) is 27.7. The zero-order chi connectivity index (χ0) is 21.6. The summed E-state index contributed by atoms with van der Waals surface area (Å²) in [6.45, 7) is 4.17. The summed E-state index contributed by atoms with van der Waals surface area (Å²) >= 11 is 0. The molecule has 1 saturated heterocycles. The third-order valence-electron chi connectivity index (χ3n) is 5.60. The summed E-state index contributed by atoms with van der Waals surface area (Å²) in [5.74, 6) is -0.692. The number of hydrogen-bond donors (Lipinski definition) is 1. The summed E-state index contributed by atoms with van der Waals surface area (Å²) in [6.07, 6.45) is 3.93. The van der Waals surface area contributed by atoms with Crippen LogP contribution in [-0.4, -0.2) is 43.3 Å². The van der Waals surface area contributed by atoms with Gasteiger partial charge in [-0.1, -0.05) is 18.2 Å². The standard InChI is InChI=1S/C24H28N4O3/c1-2-31-24(30)21-17-22(28(26-21)20-9-5-3-6-10-20)23(29)25-18-11-13-19(14-12-18)27-15-7-4-8-16-27/h3,5-6,9-14,22H,2,4,7-8,15-17H2,1H3,(H,25,29). The van der Waals surface area contributed by atoms with E-state index in [-0.39, 0.29) is 24.6 Å². The molecule has 2 heterocycles. The van der Waals surface area contributed by atoms with Crippen molar-refractivity contribution in [3.8, 4) is 0 Å². The summed E-state index contributed by atoms with van der Waals surface area (Å²) in [5, 5.41) is 8.99. The van der Waals surface area contributed by atoms with Crippen molar-refractivity contribution in [1.29, 1.82) is 0 Å². The Labute approximate surface area is 182 Å². The van der Waals surface area contributed by atoms with Gasteiger partial charge in [0.05, 0.1) is 12.3 Å². The van der Waals surface area contributed by atoms with E-state index < -0.39 is 12.0 Å². The number of hydrazone groups is 1. The third-order valence-corrected chi connectivity index (χ3v) is 5.60.